The van der Waals surface area contributed by atoms with Crippen molar-refractivity contribution in [1.82, 2.24) is 20.0 Å². The van der Waals surface area contributed by atoms with Crippen molar-refractivity contribution >= 4 is 41.5 Å². The molecule has 29 heavy (non-hydrogen) atoms. The van der Waals surface area contributed by atoms with Crippen LogP contribution in [0.2, 0.25) is 0 Å². The molecule has 1 amide bonds. The smallest absolute Gasteiger partial charge is 0.246 e. The molecule has 10 heteroatoms. The largest absolute Gasteiger partial charge is 0.380 e. The SMILES string of the molecule is CN=C(NCc1ccc(F)c(COC)c1)N1CCN(c2cnn(C)c2)C(=O)C1.I. The van der Waals surface area contributed by atoms with E-state index in [4.69, 9.17) is 4.74 Å². The molecule has 0 spiro atoms. The fourth-order valence-corrected chi connectivity index (χ4v) is 3.19. The zero-order chi connectivity index (χ0) is 20.1. The number of ether oxygens (including phenoxy) is 1. The molecule has 1 aliphatic heterocycles. The molecule has 2 heterocycles. The number of halogens is 2. The van der Waals surface area contributed by atoms with Crippen LogP contribution in [-0.2, 0) is 29.7 Å². The number of anilines is 1. The summed E-state index contributed by atoms with van der Waals surface area (Å²) in [5, 5.41) is 7.37. The third-order valence-corrected chi connectivity index (χ3v) is 4.60. The number of piperazine rings is 1. The summed E-state index contributed by atoms with van der Waals surface area (Å²) < 4.78 is 20.5. The molecule has 158 valence electrons. The van der Waals surface area contributed by atoms with Gasteiger partial charge in [0.15, 0.2) is 5.96 Å². The molecule has 2 aromatic rings. The molecule has 1 aliphatic rings. The molecule has 1 fully saturated rings. The fraction of sp³-hybridized carbons (Fsp3) is 0.421. The van der Waals surface area contributed by atoms with Gasteiger partial charge in [-0.3, -0.25) is 14.5 Å². The Balaban J connectivity index is 0.00000300. The Labute approximate surface area is 186 Å². The van der Waals surface area contributed by atoms with Gasteiger partial charge < -0.3 is 19.9 Å². The molecule has 1 aromatic heterocycles. The van der Waals surface area contributed by atoms with Gasteiger partial charge >= 0.3 is 0 Å². The van der Waals surface area contributed by atoms with Crippen molar-refractivity contribution in [2.45, 2.75) is 13.2 Å². The van der Waals surface area contributed by atoms with Gasteiger partial charge in [-0.05, 0) is 17.7 Å². The van der Waals surface area contributed by atoms with Crippen molar-refractivity contribution in [1.29, 1.82) is 0 Å². The summed E-state index contributed by atoms with van der Waals surface area (Å²) in [5.41, 5.74) is 2.22. The Hall–Kier alpha value is -2.21. The lowest BCUT2D eigenvalue weighted by Crippen LogP contribution is -2.55. The molecular weight excluding hydrogens is 490 g/mol. The predicted molar refractivity (Wildman–Crippen MR) is 120 cm³/mol. The highest BCUT2D eigenvalue weighted by molar-refractivity contribution is 14.0. The van der Waals surface area contributed by atoms with Crippen molar-refractivity contribution < 1.29 is 13.9 Å². The second-order valence-electron chi connectivity index (χ2n) is 6.60. The number of rotatable bonds is 5. The second-order valence-corrected chi connectivity index (χ2v) is 6.60. The molecule has 8 nitrogen and oxygen atoms in total. The molecule has 0 unspecified atom stereocenters. The molecule has 1 N–H and O–H groups in total. The van der Waals surface area contributed by atoms with E-state index >= 15 is 0 Å². The van der Waals surface area contributed by atoms with E-state index in [0.717, 1.165) is 11.3 Å². The van der Waals surface area contributed by atoms with E-state index in [1.165, 1.54) is 13.2 Å². The van der Waals surface area contributed by atoms with Crippen molar-refractivity contribution in [3.63, 3.8) is 0 Å². The van der Waals surface area contributed by atoms with Crippen LogP contribution in [-0.4, -0.2) is 60.3 Å². The minimum Gasteiger partial charge on any atom is -0.380 e. The van der Waals surface area contributed by atoms with Crippen molar-refractivity contribution in [3.8, 4) is 0 Å². The summed E-state index contributed by atoms with van der Waals surface area (Å²) >= 11 is 0. The topological polar surface area (TPSA) is 75.0 Å². The number of amides is 1. The summed E-state index contributed by atoms with van der Waals surface area (Å²) in [6, 6.07) is 4.93. The molecule has 0 atom stereocenters. The lowest BCUT2D eigenvalue weighted by molar-refractivity contribution is -0.120. The first-order chi connectivity index (χ1) is 13.5. The van der Waals surface area contributed by atoms with Gasteiger partial charge in [-0.15, -0.1) is 24.0 Å². The Morgan fingerprint density at radius 1 is 1.38 bits per heavy atom. The summed E-state index contributed by atoms with van der Waals surface area (Å²) in [6.45, 7) is 2.13. The predicted octanol–water partition coefficient (Wildman–Crippen LogP) is 1.75. The zero-order valence-corrected chi connectivity index (χ0v) is 19.1. The number of hydrogen-bond acceptors (Lipinski definition) is 4. The molecule has 0 radical (unpaired) electrons. The summed E-state index contributed by atoms with van der Waals surface area (Å²) in [7, 11) is 5.04. The Morgan fingerprint density at radius 2 is 2.17 bits per heavy atom. The third-order valence-electron chi connectivity index (χ3n) is 4.60. The first-order valence-corrected chi connectivity index (χ1v) is 9.02. The van der Waals surface area contributed by atoms with E-state index in [-0.39, 0.29) is 48.9 Å². The van der Waals surface area contributed by atoms with Gasteiger partial charge in [0.2, 0.25) is 5.91 Å². The monoisotopic (exact) mass is 516 g/mol. The number of nitrogens with one attached hydrogen (secondary N) is 1. The van der Waals surface area contributed by atoms with Gasteiger partial charge in [-0.25, -0.2) is 4.39 Å². The lowest BCUT2D eigenvalue weighted by atomic mass is 10.1. The number of hydrogen-bond donors (Lipinski definition) is 1. The number of aliphatic imine (C=N–C) groups is 1. The van der Waals surface area contributed by atoms with Gasteiger partial charge in [-0.2, -0.15) is 5.10 Å². The highest BCUT2D eigenvalue weighted by Crippen LogP contribution is 2.16. The standard InChI is InChI=1S/C19H25FN6O2.HI/c1-21-19(22-9-14-4-5-17(20)15(8-14)13-28-3)25-6-7-26(18(27)12-25)16-10-23-24(2)11-16;/h4-5,8,10-11H,6-7,9,12-13H2,1-3H3,(H,21,22);1H. The van der Waals surface area contributed by atoms with Crippen LogP contribution in [0.25, 0.3) is 0 Å². The van der Waals surface area contributed by atoms with E-state index in [1.807, 2.05) is 18.1 Å². The minimum absolute atomic E-state index is 0. The fourth-order valence-electron chi connectivity index (χ4n) is 3.19. The number of carbonyl (C=O) groups excluding carboxylic acids is 1. The van der Waals surface area contributed by atoms with Crippen molar-refractivity contribution in [3.05, 3.63) is 47.5 Å². The molecule has 0 saturated carbocycles. The lowest BCUT2D eigenvalue weighted by Gasteiger charge is -2.35. The van der Waals surface area contributed by atoms with Crippen LogP contribution < -0.4 is 10.2 Å². The first-order valence-electron chi connectivity index (χ1n) is 9.02. The molecule has 0 bridgehead atoms. The van der Waals surface area contributed by atoms with E-state index in [0.29, 0.717) is 31.2 Å². The number of methoxy groups -OCH3 is 1. The third kappa shape index (κ3) is 5.66. The average Bonchev–Trinajstić information content (AvgIpc) is 3.11. The van der Waals surface area contributed by atoms with Gasteiger partial charge in [-0.1, -0.05) is 6.07 Å². The van der Waals surface area contributed by atoms with E-state index in [9.17, 15) is 9.18 Å². The quantitative estimate of drug-likeness (QED) is 0.373. The van der Waals surface area contributed by atoms with Crippen molar-refractivity contribution in [2.75, 3.05) is 38.7 Å². The van der Waals surface area contributed by atoms with Gasteiger partial charge in [0.1, 0.15) is 12.4 Å². The maximum Gasteiger partial charge on any atom is 0.246 e. The normalized spacial score (nSPS) is 14.8. The number of guanidine groups is 1. The zero-order valence-electron chi connectivity index (χ0n) is 16.8. The highest BCUT2D eigenvalue weighted by atomic mass is 127. The molecule has 0 aliphatic carbocycles. The summed E-state index contributed by atoms with van der Waals surface area (Å²) in [6.07, 6.45) is 3.51. The number of carbonyl (C=O) groups is 1. The van der Waals surface area contributed by atoms with E-state index in [2.05, 4.69) is 15.4 Å². The maximum atomic E-state index is 13.8. The Bertz CT molecular complexity index is 872. The molecule has 1 saturated heterocycles. The van der Waals surface area contributed by atoms with E-state index < -0.39 is 0 Å². The number of aromatic nitrogens is 2. The molecule has 1 aromatic carbocycles. The van der Waals surface area contributed by atoms with E-state index in [1.54, 1.807) is 35.0 Å². The average molecular weight is 516 g/mol. The van der Waals surface area contributed by atoms with Crippen LogP contribution in [0.1, 0.15) is 11.1 Å². The minimum atomic E-state index is -0.285. The van der Waals surface area contributed by atoms with Crippen LogP contribution in [0.5, 0.6) is 0 Å². The molecule has 3 rings (SSSR count). The second kappa shape index (κ2) is 10.5. The maximum absolute atomic E-state index is 13.8. The summed E-state index contributed by atoms with van der Waals surface area (Å²) in [5.74, 6) is 0.343. The van der Waals surface area contributed by atoms with Crippen molar-refractivity contribution in [2.24, 2.45) is 12.0 Å². The van der Waals surface area contributed by atoms with Gasteiger partial charge in [0, 0.05) is 52.6 Å². The van der Waals surface area contributed by atoms with Crippen LogP contribution in [0, 0.1) is 5.82 Å². The number of benzene rings is 1. The number of aryl methyl sites for hydroxylation is 1. The van der Waals surface area contributed by atoms with Gasteiger partial charge in [0.25, 0.3) is 0 Å². The van der Waals surface area contributed by atoms with Crippen LogP contribution >= 0.6 is 24.0 Å². The van der Waals surface area contributed by atoms with Crippen LogP contribution in [0.3, 0.4) is 0 Å². The van der Waals surface area contributed by atoms with Crippen LogP contribution in [0.4, 0.5) is 10.1 Å². The first kappa shape index (κ1) is 23.1. The summed E-state index contributed by atoms with van der Waals surface area (Å²) in [4.78, 5) is 20.5. The number of nitrogens with zero attached hydrogens (tertiary/aromatic N) is 5. The van der Waals surface area contributed by atoms with Gasteiger partial charge in [0.05, 0.1) is 18.5 Å². The Kier molecular flexibility index (Phi) is 8.38. The van der Waals surface area contributed by atoms with Crippen LogP contribution in [0.15, 0.2) is 35.6 Å². The molecular formula is C19H26FIN6O2. The Morgan fingerprint density at radius 3 is 2.79 bits per heavy atom. The highest BCUT2D eigenvalue weighted by Gasteiger charge is 2.27.